The first-order valence-corrected chi connectivity index (χ1v) is 8.92. The molecule has 9 heteroatoms. The summed E-state index contributed by atoms with van der Waals surface area (Å²) in [6, 6.07) is 4.26. The number of imidazole rings is 2. The maximum absolute atomic E-state index is 5.59. The number of aromatic amines is 1. The van der Waals surface area contributed by atoms with E-state index in [1.165, 1.54) is 0 Å². The van der Waals surface area contributed by atoms with Crippen molar-refractivity contribution in [3.8, 4) is 22.6 Å². The van der Waals surface area contributed by atoms with E-state index < -0.39 is 0 Å². The Morgan fingerprint density at radius 3 is 2.93 bits per heavy atom. The van der Waals surface area contributed by atoms with E-state index in [4.69, 9.17) is 9.84 Å². The van der Waals surface area contributed by atoms with Crippen LogP contribution >= 0.6 is 0 Å². The molecule has 1 N–H and O–H groups in total. The van der Waals surface area contributed by atoms with Gasteiger partial charge in [-0.2, -0.15) is 5.10 Å². The topological polar surface area (TPSA) is 89.2 Å². The van der Waals surface area contributed by atoms with Gasteiger partial charge in [-0.25, -0.2) is 14.5 Å². The highest BCUT2D eigenvalue weighted by Gasteiger charge is 2.24. The van der Waals surface area contributed by atoms with Crippen LogP contribution in [0.25, 0.3) is 28.3 Å². The molecule has 27 heavy (non-hydrogen) atoms. The van der Waals surface area contributed by atoms with Crippen molar-refractivity contribution >= 4 is 11.5 Å². The fourth-order valence-electron chi connectivity index (χ4n) is 3.55. The molecule has 0 bridgehead atoms. The molecule has 1 aliphatic rings. The van der Waals surface area contributed by atoms with E-state index in [2.05, 4.69) is 38.1 Å². The molecule has 5 rings (SSSR count). The molecule has 0 radical (unpaired) electrons. The molecule has 1 fully saturated rings. The van der Waals surface area contributed by atoms with Gasteiger partial charge in [-0.3, -0.25) is 5.10 Å². The highest BCUT2D eigenvalue weighted by molar-refractivity contribution is 5.79. The van der Waals surface area contributed by atoms with E-state index in [1.807, 2.05) is 34.6 Å². The fourth-order valence-corrected chi connectivity index (χ4v) is 3.55. The predicted octanol–water partition coefficient (Wildman–Crippen LogP) is 1.74. The number of ether oxygens (including phenoxy) is 1. The summed E-state index contributed by atoms with van der Waals surface area (Å²) in [6.45, 7) is 4.34. The lowest BCUT2D eigenvalue weighted by Crippen LogP contribution is -2.44. The van der Waals surface area contributed by atoms with Crippen molar-refractivity contribution in [2.24, 2.45) is 7.05 Å². The molecule has 0 aromatic carbocycles. The van der Waals surface area contributed by atoms with Crippen LogP contribution in [0.4, 0.5) is 5.82 Å². The van der Waals surface area contributed by atoms with Crippen molar-refractivity contribution in [3.63, 3.8) is 0 Å². The van der Waals surface area contributed by atoms with Gasteiger partial charge in [0, 0.05) is 25.4 Å². The zero-order valence-corrected chi connectivity index (χ0v) is 15.2. The molecule has 1 aliphatic heterocycles. The lowest BCUT2D eigenvalue weighted by Gasteiger charge is -2.34. The Hall–Kier alpha value is -3.20. The van der Waals surface area contributed by atoms with Crippen molar-refractivity contribution < 1.29 is 4.74 Å². The average molecular weight is 364 g/mol. The molecule has 138 valence electrons. The van der Waals surface area contributed by atoms with Crippen LogP contribution in [0, 0.1) is 0 Å². The molecule has 1 atom stereocenters. The van der Waals surface area contributed by atoms with Gasteiger partial charge in [0.2, 0.25) is 0 Å². The summed E-state index contributed by atoms with van der Waals surface area (Å²) in [4.78, 5) is 11.2. The zero-order valence-electron chi connectivity index (χ0n) is 15.2. The Kier molecular flexibility index (Phi) is 3.68. The van der Waals surface area contributed by atoms with Crippen LogP contribution in [-0.4, -0.2) is 60.1 Å². The quantitative estimate of drug-likeness (QED) is 0.596. The summed E-state index contributed by atoms with van der Waals surface area (Å²) in [6.07, 6.45) is 7.20. The molecule has 1 unspecified atom stereocenters. The maximum Gasteiger partial charge on any atom is 0.163 e. The molecule has 0 saturated carbocycles. The van der Waals surface area contributed by atoms with Crippen molar-refractivity contribution in [1.29, 1.82) is 0 Å². The number of morpholine rings is 1. The van der Waals surface area contributed by atoms with Crippen LogP contribution in [0.15, 0.2) is 37.1 Å². The minimum absolute atomic E-state index is 0.252. The largest absolute Gasteiger partial charge is 0.377 e. The van der Waals surface area contributed by atoms with Crippen molar-refractivity contribution in [1.82, 2.24) is 34.3 Å². The van der Waals surface area contributed by atoms with Gasteiger partial charge in [-0.1, -0.05) is 0 Å². The second-order valence-corrected chi connectivity index (χ2v) is 6.77. The maximum atomic E-state index is 5.59. The third-order valence-corrected chi connectivity index (χ3v) is 4.99. The van der Waals surface area contributed by atoms with Crippen molar-refractivity contribution in [2.45, 2.75) is 13.0 Å². The molecule has 4 aromatic heterocycles. The molecule has 4 aromatic rings. The van der Waals surface area contributed by atoms with Crippen LogP contribution < -0.4 is 4.90 Å². The zero-order chi connectivity index (χ0) is 18.4. The van der Waals surface area contributed by atoms with Gasteiger partial charge >= 0.3 is 0 Å². The molecule has 0 spiro atoms. The van der Waals surface area contributed by atoms with Crippen molar-refractivity contribution in [3.05, 3.63) is 37.1 Å². The second kappa shape index (κ2) is 6.20. The minimum Gasteiger partial charge on any atom is -0.377 e. The highest BCUT2D eigenvalue weighted by Crippen LogP contribution is 2.30. The summed E-state index contributed by atoms with van der Waals surface area (Å²) in [5.41, 5.74) is 4.51. The molecular formula is C18H20N8O. The van der Waals surface area contributed by atoms with Crippen LogP contribution in [0.5, 0.6) is 0 Å². The highest BCUT2D eigenvalue weighted by atomic mass is 16.5. The molecule has 0 aliphatic carbocycles. The van der Waals surface area contributed by atoms with E-state index in [1.54, 1.807) is 12.5 Å². The molecule has 1 saturated heterocycles. The van der Waals surface area contributed by atoms with E-state index >= 15 is 0 Å². The minimum atomic E-state index is 0.252. The van der Waals surface area contributed by atoms with Gasteiger partial charge in [0.25, 0.3) is 0 Å². The number of nitrogens with zero attached hydrogens (tertiary/aromatic N) is 7. The standard InChI is InChI=1S/C18H20N8O/c1-12-10-27-6-5-25(12)17-7-13(15-8-19-11-24(15)2)18-20-9-16(26(18)23-17)14-3-4-21-22-14/h3-4,7-9,11-12H,5-6,10H2,1-2H3,(H,21,22). The van der Waals surface area contributed by atoms with E-state index in [0.717, 1.165) is 40.7 Å². The van der Waals surface area contributed by atoms with Gasteiger partial charge in [0.1, 0.15) is 5.69 Å². The van der Waals surface area contributed by atoms with Crippen LogP contribution in [0.2, 0.25) is 0 Å². The summed E-state index contributed by atoms with van der Waals surface area (Å²) in [7, 11) is 1.98. The molecule has 5 heterocycles. The summed E-state index contributed by atoms with van der Waals surface area (Å²) < 4.78 is 9.47. The average Bonchev–Trinajstić information content (AvgIpc) is 3.41. The monoisotopic (exact) mass is 364 g/mol. The number of aromatic nitrogens is 7. The Morgan fingerprint density at radius 1 is 1.26 bits per heavy atom. The number of H-pyrrole nitrogens is 1. The first kappa shape index (κ1) is 16.0. The van der Waals surface area contributed by atoms with Gasteiger partial charge in [0.15, 0.2) is 11.5 Å². The van der Waals surface area contributed by atoms with Gasteiger partial charge < -0.3 is 14.2 Å². The van der Waals surface area contributed by atoms with E-state index in [-0.39, 0.29) is 6.04 Å². The Morgan fingerprint density at radius 2 is 2.19 bits per heavy atom. The number of nitrogens with one attached hydrogen (secondary N) is 1. The Balaban J connectivity index is 1.76. The van der Waals surface area contributed by atoms with Crippen LogP contribution in [0.3, 0.4) is 0 Å². The van der Waals surface area contributed by atoms with Gasteiger partial charge in [-0.05, 0) is 19.1 Å². The van der Waals surface area contributed by atoms with Gasteiger partial charge in [-0.15, -0.1) is 5.10 Å². The number of anilines is 1. The lowest BCUT2D eigenvalue weighted by molar-refractivity contribution is 0.0984. The SMILES string of the molecule is CC1COCCN1c1cc(-c2cncn2C)c2ncc(-c3ccn[nH]3)n2n1. The Labute approximate surface area is 155 Å². The van der Waals surface area contributed by atoms with E-state index in [0.29, 0.717) is 13.2 Å². The Bertz CT molecular complexity index is 1080. The molecular weight excluding hydrogens is 344 g/mol. The van der Waals surface area contributed by atoms with E-state index in [9.17, 15) is 0 Å². The number of rotatable bonds is 3. The molecule has 0 amide bonds. The number of hydrogen-bond acceptors (Lipinski definition) is 6. The third-order valence-electron chi connectivity index (χ3n) is 4.99. The smallest absolute Gasteiger partial charge is 0.163 e. The van der Waals surface area contributed by atoms with Gasteiger partial charge in [0.05, 0.1) is 49.4 Å². The fraction of sp³-hybridized carbons (Fsp3) is 0.333. The van der Waals surface area contributed by atoms with Crippen LogP contribution in [-0.2, 0) is 11.8 Å². The predicted molar refractivity (Wildman–Crippen MR) is 100 cm³/mol. The third kappa shape index (κ3) is 2.58. The first-order chi connectivity index (χ1) is 13.2. The lowest BCUT2D eigenvalue weighted by atomic mass is 10.2. The van der Waals surface area contributed by atoms with Crippen LogP contribution in [0.1, 0.15) is 6.92 Å². The summed E-state index contributed by atoms with van der Waals surface area (Å²) >= 11 is 0. The number of aryl methyl sites for hydroxylation is 1. The number of hydrogen-bond donors (Lipinski definition) is 1. The number of fused-ring (bicyclic) bond motifs is 1. The molecule has 9 nitrogen and oxygen atoms in total. The summed E-state index contributed by atoms with van der Waals surface area (Å²) in [5.74, 6) is 0.897. The summed E-state index contributed by atoms with van der Waals surface area (Å²) in [5, 5.41) is 12.0. The normalized spacial score (nSPS) is 17.7. The second-order valence-electron chi connectivity index (χ2n) is 6.77. The first-order valence-electron chi connectivity index (χ1n) is 8.92. The van der Waals surface area contributed by atoms with Crippen molar-refractivity contribution in [2.75, 3.05) is 24.7 Å².